The molecule has 1 aliphatic rings. The van der Waals surface area contributed by atoms with E-state index >= 15 is 0 Å². The monoisotopic (exact) mass is 277 g/mol. The number of ether oxygens (including phenoxy) is 2. The van der Waals surface area contributed by atoms with Crippen LogP contribution in [0.2, 0.25) is 0 Å². The third kappa shape index (κ3) is 2.67. The van der Waals surface area contributed by atoms with Gasteiger partial charge in [0.2, 0.25) is 0 Å². The SMILES string of the molecule is CN.Oc1ccc(F)cc1-c1cccc2c1OCCO2. The van der Waals surface area contributed by atoms with E-state index in [4.69, 9.17) is 9.47 Å². The third-order valence-corrected chi connectivity index (χ3v) is 2.81. The van der Waals surface area contributed by atoms with Gasteiger partial charge in [-0.05, 0) is 31.3 Å². The van der Waals surface area contributed by atoms with E-state index in [2.05, 4.69) is 5.73 Å². The summed E-state index contributed by atoms with van der Waals surface area (Å²) in [6.07, 6.45) is 0. The van der Waals surface area contributed by atoms with Crippen LogP contribution in [0.1, 0.15) is 0 Å². The van der Waals surface area contributed by atoms with E-state index in [9.17, 15) is 9.50 Å². The van der Waals surface area contributed by atoms with Crippen molar-refractivity contribution in [2.45, 2.75) is 0 Å². The van der Waals surface area contributed by atoms with Crippen molar-refractivity contribution in [2.75, 3.05) is 20.3 Å². The average Bonchev–Trinajstić information content (AvgIpc) is 2.51. The predicted molar refractivity (Wildman–Crippen MR) is 74.6 cm³/mol. The van der Waals surface area contributed by atoms with Crippen molar-refractivity contribution in [1.82, 2.24) is 0 Å². The van der Waals surface area contributed by atoms with Gasteiger partial charge in [-0.25, -0.2) is 4.39 Å². The number of halogens is 1. The van der Waals surface area contributed by atoms with Crippen LogP contribution >= 0.6 is 0 Å². The van der Waals surface area contributed by atoms with Gasteiger partial charge >= 0.3 is 0 Å². The summed E-state index contributed by atoms with van der Waals surface area (Å²) in [5, 5.41) is 9.83. The smallest absolute Gasteiger partial charge is 0.169 e. The van der Waals surface area contributed by atoms with Crippen LogP contribution in [0.5, 0.6) is 17.2 Å². The van der Waals surface area contributed by atoms with Crippen LogP contribution in [0, 0.1) is 5.82 Å². The highest BCUT2D eigenvalue weighted by Gasteiger charge is 2.18. The lowest BCUT2D eigenvalue weighted by Gasteiger charge is -2.21. The number of rotatable bonds is 1. The van der Waals surface area contributed by atoms with E-state index in [-0.39, 0.29) is 5.75 Å². The maximum Gasteiger partial charge on any atom is 0.169 e. The Bertz CT molecular complexity index is 602. The molecule has 3 N–H and O–H groups in total. The van der Waals surface area contributed by atoms with Crippen LogP contribution in [-0.2, 0) is 0 Å². The van der Waals surface area contributed by atoms with Gasteiger partial charge in [0.1, 0.15) is 24.8 Å². The van der Waals surface area contributed by atoms with Crippen LogP contribution < -0.4 is 15.2 Å². The topological polar surface area (TPSA) is 64.7 Å². The standard InChI is InChI=1S/C14H11FO3.CH5N/c15-9-4-5-12(16)11(8-9)10-2-1-3-13-14(10)18-7-6-17-13;1-2/h1-5,8,16H,6-7H2;2H2,1H3. The van der Waals surface area contributed by atoms with Gasteiger partial charge in [-0.2, -0.15) is 0 Å². The summed E-state index contributed by atoms with van der Waals surface area (Å²) in [5.41, 5.74) is 5.53. The number of nitrogens with two attached hydrogens (primary N) is 1. The molecule has 0 radical (unpaired) electrons. The van der Waals surface area contributed by atoms with Gasteiger partial charge < -0.3 is 20.3 Å². The molecule has 0 aliphatic carbocycles. The maximum atomic E-state index is 13.3. The predicted octanol–water partition coefficient (Wildman–Crippen LogP) is 2.54. The molecular formula is C15H16FNO3. The van der Waals surface area contributed by atoms with Crippen molar-refractivity contribution in [2.24, 2.45) is 5.73 Å². The highest BCUT2D eigenvalue weighted by molar-refractivity contribution is 5.78. The molecule has 1 aliphatic heterocycles. The second-order valence-electron chi connectivity index (χ2n) is 3.99. The Balaban J connectivity index is 0.000000704. The Morgan fingerprint density at radius 2 is 1.80 bits per heavy atom. The number of hydrogen-bond donors (Lipinski definition) is 2. The summed E-state index contributed by atoms with van der Waals surface area (Å²) in [7, 11) is 1.50. The largest absolute Gasteiger partial charge is 0.507 e. The van der Waals surface area contributed by atoms with Gasteiger partial charge in [-0.3, -0.25) is 0 Å². The van der Waals surface area contributed by atoms with Crippen molar-refractivity contribution >= 4 is 0 Å². The number of benzene rings is 2. The zero-order valence-corrected chi connectivity index (χ0v) is 11.1. The first-order valence-corrected chi connectivity index (χ1v) is 6.21. The second kappa shape index (κ2) is 6.25. The molecule has 20 heavy (non-hydrogen) atoms. The van der Waals surface area contributed by atoms with E-state index < -0.39 is 5.82 Å². The maximum absolute atomic E-state index is 13.3. The highest BCUT2D eigenvalue weighted by atomic mass is 19.1. The number of phenolic OH excluding ortho intramolecular Hbond substituents is 1. The minimum atomic E-state index is -0.405. The lowest BCUT2D eigenvalue weighted by atomic mass is 10.0. The number of phenols is 1. The summed E-state index contributed by atoms with van der Waals surface area (Å²) in [4.78, 5) is 0. The summed E-state index contributed by atoms with van der Waals surface area (Å²) in [6, 6.07) is 9.16. The van der Waals surface area contributed by atoms with Gasteiger partial charge in [0.15, 0.2) is 11.5 Å². The average molecular weight is 277 g/mol. The molecular weight excluding hydrogens is 261 g/mol. The molecule has 0 bridgehead atoms. The number of para-hydroxylation sites is 1. The molecule has 3 rings (SSSR count). The third-order valence-electron chi connectivity index (χ3n) is 2.81. The van der Waals surface area contributed by atoms with Crippen LogP contribution in [-0.4, -0.2) is 25.4 Å². The minimum Gasteiger partial charge on any atom is -0.507 e. The Hall–Kier alpha value is -2.27. The lowest BCUT2D eigenvalue weighted by molar-refractivity contribution is 0.172. The molecule has 0 unspecified atom stereocenters. The quantitative estimate of drug-likeness (QED) is 0.840. The van der Waals surface area contributed by atoms with Gasteiger partial charge in [0, 0.05) is 11.1 Å². The number of hydrogen-bond acceptors (Lipinski definition) is 4. The Morgan fingerprint density at radius 3 is 2.60 bits per heavy atom. The zero-order chi connectivity index (χ0) is 14.5. The van der Waals surface area contributed by atoms with Gasteiger partial charge in [-0.1, -0.05) is 12.1 Å². The van der Waals surface area contributed by atoms with Gasteiger partial charge in [-0.15, -0.1) is 0 Å². The first-order chi connectivity index (χ1) is 9.75. The first kappa shape index (κ1) is 14.1. The Kier molecular flexibility index (Phi) is 4.42. The number of fused-ring (bicyclic) bond motifs is 1. The lowest BCUT2D eigenvalue weighted by Crippen LogP contribution is -2.15. The molecule has 106 valence electrons. The van der Waals surface area contributed by atoms with Crippen LogP contribution in [0.3, 0.4) is 0 Å². The van der Waals surface area contributed by atoms with Crippen LogP contribution in [0.25, 0.3) is 11.1 Å². The summed E-state index contributed by atoms with van der Waals surface area (Å²) < 4.78 is 24.3. The van der Waals surface area contributed by atoms with Gasteiger partial charge in [0.25, 0.3) is 0 Å². The molecule has 2 aromatic carbocycles. The Labute approximate surface area is 116 Å². The molecule has 0 saturated carbocycles. The van der Waals surface area contributed by atoms with Crippen molar-refractivity contribution in [3.05, 3.63) is 42.2 Å². The summed E-state index contributed by atoms with van der Waals surface area (Å²) in [5.74, 6) is 0.767. The summed E-state index contributed by atoms with van der Waals surface area (Å²) in [6.45, 7) is 0.936. The normalized spacial score (nSPS) is 12.3. The van der Waals surface area contributed by atoms with Crippen LogP contribution in [0.4, 0.5) is 4.39 Å². The van der Waals surface area contributed by atoms with Crippen molar-refractivity contribution in [1.29, 1.82) is 0 Å². The molecule has 5 heteroatoms. The molecule has 0 saturated heterocycles. The van der Waals surface area contributed by atoms with Crippen LogP contribution in [0.15, 0.2) is 36.4 Å². The fourth-order valence-electron chi connectivity index (χ4n) is 2.01. The van der Waals surface area contributed by atoms with E-state index in [1.807, 2.05) is 0 Å². The fraction of sp³-hybridized carbons (Fsp3) is 0.200. The van der Waals surface area contributed by atoms with Gasteiger partial charge in [0.05, 0.1) is 0 Å². The molecule has 0 atom stereocenters. The molecule has 0 amide bonds. The minimum absolute atomic E-state index is 0.0129. The highest BCUT2D eigenvalue weighted by Crippen LogP contribution is 2.42. The summed E-state index contributed by atoms with van der Waals surface area (Å²) >= 11 is 0. The Morgan fingerprint density at radius 1 is 1.05 bits per heavy atom. The molecule has 0 spiro atoms. The first-order valence-electron chi connectivity index (χ1n) is 6.21. The molecule has 0 aromatic heterocycles. The molecule has 1 heterocycles. The van der Waals surface area contributed by atoms with E-state index in [1.54, 1.807) is 18.2 Å². The molecule has 0 fully saturated rings. The fourth-order valence-corrected chi connectivity index (χ4v) is 2.01. The van der Waals surface area contributed by atoms with Crippen molar-refractivity contribution in [3.63, 3.8) is 0 Å². The molecule has 4 nitrogen and oxygen atoms in total. The van der Waals surface area contributed by atoms with Crippen molar-refractivity contribution < 1.29 is 19.0 Å². The van der Waals surface area contributed by atoms with E-state index in [0.717, 1.165) is 0 Å². The zero-order valence-electron chi connectivity index (χ0n) is 11.1. The van der Waals surface area contributed by atoms with E-state index in [1.165, 1.54) is 25.2 Å². The number of aromatic hydroxyl groups is 1. The second-order valence-corrected chi connectivity index (χ2v) is 3.99. The van der Waals surface area contributed by atoms with Crippen molar-refractivity contribution in [3.8, 4) is 28.4 Å². The molecule has 2 aromatic rings. The van der Waals surface area contributed by atoms with E-state index in [0.29, 0.717) is 35.8 Å².